The number of benzene rings is 1. The fourth-order valence-electron chi connectivity index (χ4n) is 1.73. The molecule has 2 amide bonds. The first kappa shape index (κ1) is 13.2. The molecule has 92 valence electrons. The van der Waals surface area contributed by atoms with Crippen molar-refractivity contribution in [2.24, 2.45) is 0 Å². The second-order valence-electron chi connectivity index (χ2n) is 3.44. The zero-order valence-corrected chi connectivity index (χ0v) is 10.5. The maximum atomic E-state index is 11.6. The van der Waals surface area contributed by atoms with Crippen LogP contribution in [0.5, 0.6) is 0 Å². The number of para-hydroxylation sites is 1. The van der Waals surface area contributed by atoms with Gasteiger partial charge in [0.2, 0.25) is 5.91 Å². The quantitative estimate of drug-likeness (QED) is 0.744. The van der Waals surface area contributed by atoms with Gasteiger partial charge in [-0.1, -0.05) is 26.0 Å². The summed E-state index contributed by atoms with van der Waals surface area (Å²) in [6.45, 7) is 6.53. The molecule has 0 fully saturated rings. The molecule has 1 aromatic carbocycles. The maximum Gasteiger partial charge on any atom is 0.253 e. The molecule has 0 spiro atoms. The van der Waals surface area contributed by atoms with Crippen molar-refractivity contribution >= 4 is 17.5 Å². The third-order valence-electron chi connectivity index (χ3n) is 2.44. The second kappa shape index (κ2) is 6.03. The van der Waals surface area contributed by atoms with Crippen LogP contribution in [0.4, 0.5) is 5.69 Å². The van der Waals surface area contributed by atoms with E-state index in [4.69, 9.17) is 0 Å². The van der Waals surface area contributed by atoms with Crippen LogP contribution in [0.3, 0.4) is 0 Å². The minimum absolute atomic E-state index is 0.0426. The largest absolute Gasteiger partial charge is 0.350 e. The van der Waals surface area contributed by atoms with E-state index in [9.17, 15) is 9.59 Å². The Bertz CT molecular complexity index is 416. The van der Waals surface area contributed by atoms with Crippen LogP contribution in [-0.4, -0.2) is 24.9 Å². The van der Waals surface area contributed by atoms with Crippen LogP contribution in [-0.2, 0) is 4.79 Å². The summed E-state index contributed by atoms with van der Waals surface area (Å²) in [6.07, 6.45) is 0. The molecule has 1 aliphatic heterocycles. The van der Waals surface area contributed by atoms with Gasteiger partial charge in [-0.05, 0) is 12.1 Å². The minimum Gasteiger partial charge on any atom is -0.350 e. The van der Waals surface area contributed by atoms with Crippen LogP contribution in [0.1, 0.15) is 31.1 Å². The van der Waals surface area contributed by atoms with E-state index < -0.39 is 0 Å². The summed E-state index contributed by atoms with van der Waals surface area (Å²) in [7, 11) is 0. The van der Waals surface area contributed by atoms with Crippen molar-refractivity contribution < 1.29 is 9.59 Å². The molecule has 0 saturated heterocycles. The number of rotatable bonds is 0. The van der Waals surface area contributed by atoms with E-state index in [-0.39, 0.29) is 11.8 Å². The summed E-state index contributed by atoms with van der Waals surface area (Å²) in [6, 6.07) is 7.14. The van der Waals surface area contributed by atoms with Gasteiger partial charge in [-0.3, -0.25) is 9.59 Å². The number of hydrogen-bond donors (Lipinski definition) is 1. The lowest BCUT2D eigenvalue weighted by atomic mass is 10.1. The molecule has 0 atom stereocenters. The van der Waals surface area contributed by atoms with Gasteiger partial charge in [0.25, 0.3) is 5.91 Å². The lowest BCUT2D eigenvalue weighted by Crippen LogP contribution is -2.33. The first-order valence-corrected chi connectivity index (χ1v) is 5.85. The second-order valence-corrected chi connectivity index (χ2v) is 3.44. The lowest BCUT2D eigenvalue weighted by molar-refractivity contribution is -0.116. The lowest BCUT2D eigenvalue weighted by Gasteiger charge is -2.19. The molecule has 0 unspecified atom stereocenters. The molecule has 2 rings (SSSR count). The van der Waals surface area contributed by atoms with E-state index in [1.54, 1.807) is 23.1 Å². The smallest absolute Gasteiger partial charge is 0.253 e. The topological polar surface area (TPSA) is 49.4 Å². The van der Waals surface area contributed by atoms with E-state index in [0.29, 0.717) is 24.3 Å². The number of amides is 2. The van der Waals surface area contributed by atoms with Gasteiger partial charge in [-0.15, -0.1) is 0 Å². The molecule has 4 nitrogen and oxygen atoms in total. The Morgan fingerprint density at radius 2 is 1.94 bits per heavy atom. The summed E-state index contributed by atoms with van der Waals surface area (Å²) in [5.41, 5.74) is 1.25. The van der Waals surface area contributed by atoms with E-state index in [1.165, 1.54) is 6.92 Å². The molecule has 0 aromatic heterocycles. The summed E-state index contributed by atoms with van der Waals surface area (Å²) in [5, 5.41) is 2.75. The van der Waals surface area contributed by atoms with Crippen molar-refractivity contribution in [1.82, 2.24) is 5.32 Å². The highest BCUT2D eigenvalue weighted by Crippen LogP contribution is 2.21. The van der Waals surface area contributed by atoms with Gasteiger partial charge in [0, 0.05) is 20.0 Å². The SMILES string of the molecule is CC.CC(=O)N1CCNC(=O)c2ccccc21. The predicted molar refractivity (Wildman–Crippen MR) is 68.2 cm³/mol. The first-order chi connectivity index (χ1) is 8.20. The summed E-state index contributed by atoms with van der Waals surface area (Å²) in [4.78, 5) is 24.7. The van der Waals surface area contributed by atoms with Crippen LogP contribution in [0.15, 0.2) is 24.3 Å². The number of fused-ring (bicyclic) bond motifs is 1. The fourth-order valence-corrected chi connectivity index (χ4v) is 1.73. The average Bonchev–Trinajstić information content (AvgIpc) is 2.52. The Hall–Kier alpha value is -1.84. The summed E-state index contributed by atoms with van der Waals surface area (Å²) >= 11 is 0. The van der Waals surface area contributed by atoms with Crippen molar-refractivity contribution in [1.29, 1.82) is 0 Å². The molecule has 4 heteroatoms. The van der Waals surface area contributed by atoms with E-state index in [1.807, 2.05) is 19.9 Å². The van der Waals surface area contributed by atoms with Gasteiger partial charge in [0.05, 0.1) is 11.3 Å². The number of carbonyl (C=O) groups excluding carboxylic acids is 2. The van der Waals surface area contributed by atoms with Gasteiger partial charge >= 0.3 is 0 Å². The Balaban J connectivity index is 0.000000686. The standard InChI is InChI=1S/C11H12N2O2.C2H6/c1-8(14)13-7-6-12-11(15)9-4-2-3-5-10(9)13;1-2/h2-5H,6-7H2,1H3,(H,12,15);1-2H3. The molecular weight excluding hydrogens is 216 g/mol. The van der Waals surface area contributed by atoms with Crippen molar-refractivity contribution in [3.8, 4) is 0 Å². The van der Waals surface area contributed by atoms with Crippen LogP contribution in [0.2, 0.25) is 0 Å². The third-order valence-corrected chi connectivity index (χ3v) is 2.44. The highest BCUT2D eigenvalue weighted by atomic mass is 16.2. The molecule has 1 heterocycles. The molecule has 0 radical (unpaired) electrons. The van der Waals surface area contributed by atoms with Crippen molar-refractivity contribution in [2.75, 3.05) is 18.0 Å². The van der Waals surface area contributed by atoms with Gasteiger partial charge in [-0.25, -0.2) is 0 Å². The van der Waals surface area contributed by atoms with Gasteiger partial charge in [-0.2, -0.15) is 0 Å². The van der Waals surface area contributed by atoms with Crippen molar-refractivity contribution in [3.05, 3.63) is 29.8 Å². The number of carbonyl (C=O) groups is 2. The van der Waals surface area contributed by atoms with Gasteiger partial charge in [0.1, 0.15) is 0 Å². The molecule has 17 heavy (non-hydrogen) atoms. The van der Waals surface area contributed by atoms with E-state index in [0.717, 1.165) is 0 Å². The fraction of sp³-hybridized carbons (Fsp3) is 0.385. The zero-order valence-electron chi connectivity index (χ0n) is 10.5. The van der Waals surface area contributed by atoms with Crippen LogP contribution in [0.25, 0.3) is 0 Å². The molecule has 0 saturated carbocycles. The summed E-state index contributed by atoms with van der Waals surface area (Å²) < 4.78 is 0. The Labute approximate surface area is 102 Å². The number of hydrogen-bond acceptors (Lipinski definition) is 2. The third kappa shape index (κ3) is 2.84. The minimum atomic E-state index is -0.116. The highest BCUT2D eigenvalue weighted by Gasteiger charge is 2.21. The monoisotopic (exact) mass is 234 g/mol. The molecule has 1 aromatic rings. The Kier molecular flexibility index (Phi) is 4.69. The maximum absolute atomic E-state index is 11.6. The summed E-state index contributed by atoms with van der Waals surface area (Å²) in [5.74, 6) is -0.159. The van der Waals surface area contributed by atoms with E-state index >= 15 is 0 Å². The number of nitrogens with zero attached hydrogens (tertiary/aromatic N) is 1. The van der Waals surface area contributed by atoms with Crippen molar-refractivity contribution in [2.45, 2.75) is 20.8 Å². The van der Waals surface area contributed by atoms with Gasteiger partial charge < -0.3 is 10.2 Å². The normalized spacial score (nSPS) is 13.8. The molecule has 0 bridgehead atoms. The first-order valence-electron chi connectivity index (χ1n) is 5.85. The Morgan fingerprint density at radius 1 is 1.29 bits per heavy atom. The van der Waals surface area contributed by atoms with Crippen LogP contribution < -0.4 is 10.2 Å². The number of nitrogens with one attached hydrogen (secondary N) is 1. The molecular formula is C13H18N2O2. The van der Waals surface area contributed by atoms with E-state index in [2.05, 4.69) is 5.32 Å². The van der Waals surface area contributed by atoms with Crippen molar-refractivity contribution in [3.63, 3.8) is 0 Å². The Morgan fingerprint density at radius 3 is 2.59 bits per heavy atom. The van der Waals surface area contributed by atoms with Crippen LogP contribution >= 0.6 is 0 Å². The van der Waals surface area contributed by atoms with Gasteiger partial charge in [0.15, 0.2) is 0 Å². The number of anilines is 1. The zero-order chi connectivity index (χ0) is 12.8. The van der Waals surface area contributed by atoms with Crippen LogP contribution in [0, 0.1) is 0 Å². The average molecular weight is 234 g/mol. The molecule has 1 aliphatic rings. The molecule has 1 N–H and O–H groups in total. The highest BCUT2D eigenvalue weighted by molar-refractivity contribution is 6.05. The predicted octanol–water partition coefficient (Wildman–Crippen LogP) is 1.81. The molecule has 0 aliphatic carbocycles.